The van der Waals surface area contributed by atoms with Crippen LogP contribution in [0.4, 0.5) is 9.52 Å². The molecule has 0 bridgehead atoms. The van der Waals surface area contributed by atoms with Crippen LogP contribution in [0.3, 0.4) is 0 Å². The molecule has 0 atom stereocenters. The first-order chi connectivity index (χ1) is 12.5. The minimum absolute atomic E-state index is 0.155. The summed E-state index contributed by atoms with van der Waals surface area (Å²) < 4.78 is 19.4. The number of likely N-dealkylation sites (N-methyl/N-ethyl adjacent to an activating group) is 1. The van der Waals surface area contributed by atoms with Gasteiger partial charge in [-0.2, -0.15) is 0 Å². The third-order valence-corrected chi connectivity index (χ3v) is 5.32. The topological polar surface area (TPSA) is 59.5 Å². The molecule has 3 aromatic rings. The van der Waals surface area contributed by atoms with Gasteiger partial charge in [0, 0.05) is 11.0 Å². The minimum atomic E-state index is -0.703. The van der Waals surface area contributed by atoms with Crippen molar-refractivity contribution in [3.8, 4) is 0 Å². The number of carbonyl (C=O) groups is 2. The SMILES string of the molecule is CCN(C(=O)COC(=O)c1ccc(F)cc1Br)c1nc2ccccc2s1. The second kappa shape index (κ2) is 7.92. The fraction of sp³-hybridized carbons (Fsp3) is 0.167. The number of fused-ring (bicyclic) bond motifs is 1. The summed E-state index contributed by atoms with van der Waals surface area (Å²) in [5.74, 6) is -1.55. The molecule has 0 saturated heterocycles. The Balaban J connectivity index is 1.70. The molecule has 1 aromatic heterocycles. The van der Waals surface area contributed by atoms with E-state index in [4.69, 9.17) is 4.74 Å². The number of ether oxygens (including phenoxy) is 1. The fourth-order valence-corrected chi connectivity index (χ4v) is 3.89. The molecule has 0 radical (unpaired) electrons. The lowest BCUT2D eigenvalue weighted by atomic mass is 10.2. The second-order valence-corrected chi connectivity index (χ2v) is 7.17. The van der Waals surface area contributed by atoms with Gasteiger partial charge in [-0.25, -0.2) is 14.2 Å². The number of thiazole rings is 1. The van der Waals surface area contributed by atoms with E-state index >= 15 is 0 Å². The summed E-state index contributed by atoms with van der Waals surface area (Å²) in [6.07, 6.45) is 0. The van der Waals surface area contributed by atoms with E-state index in [1.807, 2.05) is 31.2 Å². The summed E-state index contributed by atoms with van der Waals surface area (Å²) in [5, 5.41) is 0.553. The first-order valence-corrected chi connectivity index (χ1v) is 9.38. The lowest BCUT2D eigenvalue weighted by molar-refractivity contribution is -0.121. The van der Waals surface area contributed by atoms with Gasteiger partial charge >= 0.3 is 5.97 Å². The number of para-hydroxylation sites is 1. The van der Waals surface area contributed by atoms with Crippen molar-refractivity contribution in [2.24, 2.45) is 0 Å². The molecule has 0 unspecified atom stereocenters. The number of hydrogen-bond acceptors (Lipinski definition) is 5. The Kier molecular flexibility index (Phi) is 5.63. The van der Waals surface area contributed by atoms with Gasteiger partial charge in [0.2, 0.25) is 0 Å². The largest absolute Gasteiger partial charge is 0.452 e. The Morgan fingerprint density at radius 1 is 1.27 bits per heavy atom. The zero-order valence-electron chi connectivity index (χ0n) is 13.7. The van der Waals surface area contributed by atoms with Crippen LogP contribution in [0.2, 0.25) is 0 Å². The average molecular weight is 437 g/mol. The Morgan fingerprint density at radius 2 is 2.04 bits per heavy atom. The van der Waals surface area contributed by atoms with E-state index in [1.165, 1.54) is 22.3 Å². The third-order valence-electron chi connectivity index (χ3n) is 3.61. The molecule has 0 N–H and O–H groups in total. The molecule has 3 rings (SSSR count). The van der Waals surface area contributed by atoms with Gasteiger partial charge in [0.15, 0.2) is 11.7 Å². The number of carbonyl (C=O) groups excluding carboxylic acids is 2. The lowest BCUT2D eigenvalue weighted by Gasteiger charge is -2.17. The van der Waals surface area contributed by atoms with E-state index in [1.54, 1.807) is 0 Å². The van der Waals surface area contributed by atoms with Crippen molar-refractivity contribution in [3.05, 3.63) is 58.3 Å². The predicted molar refractivity (Wildman–Crippen MR) is 102 cm³/mol. The first-order valence-electron chi connectivity index (χ1n) is 7.77. The number of hydrogen-bond donors (Lipinski definition) is 0. The van der Waals surface area contributed by atoms with Gasteiger partial charge in [0.25, 0.3) is 5.91 Å². The molecule has 0 aliphatic heterocycles. The molecule has 134 valence electrons. The van der Waals surface area contributed by atoms with Crippen molar-refractivity contribution >= 4 is 54.5 Å². The summed E-state index contributed by atoms with van der Waals surface area (Å²) in [6.45, 7) is 1.80. The van der Waals surface area contributed by atoms with Crippen LogP contribution in [0, 0.1) is 5.82 Å². The number of halogens is 2. The Labute approximate surface area is 161 Å². The summed E-state index contributed by atoms with van der Waals surface area (Å²) in [4.78, 5) is 30.5. The highest BCUT2D eigenvalue weighted by atomic mass is 79.9. The summed E-state index contributed by atoms with van der Waals surface area (Å²) >= 11 is 4.51. The molecule has 1 amide bonds. The van der Waals surface area contributed by atoms with E-state index in [2.05, 4.69) is 20.9 Å². The highest BCUT2D eigenvalue weighted by Gasteiger charge is 2.20. The van der Waals surface area contributed by atoms with Gasteiger partial charge in [-0.15, -0.1) is 0 Å². The molecule has 5 nitrogen and oxygen atoms in total. The highest BCUT2D eigenvalue weighted by Crippen LogP contribution is 2.28. The quantitative estimate of drug-likeness (QED) is 0.555. The van der Waals surface area contributed by atoms with Crippen molar-refractivity contribution in [2.75, 3.05) is 18.1 Å². The van der Waals surface area contributed by atoms with Crippen LogP contribution in [0.15, 0.2) is 46.9 Å². The third kappa shape index (κ3) is 3.91. The van der Waals surface area contributed by atoms with Gasteiger partial charge in [-0.05, 0) is 53.2 Å². The average Bonchev–Trinajstić information content (AvgIpc) is 3.04. The Bertz CT molecular complexity index is 943. The molecule has 0 fully saturated rings. The second-order valence-electron chi connectivity index (χ2n) is 5.30. The Morgan fingerprint density at radius 3 is 2.73 bits per heavy atom. The van der Waals surface area contributed by atoms with E-state index in [0.29, 0.717) is 11.7 Å². The standard InChI is InChI=1S/C18H14BrFN2O3S/c1-2-22(18-21-14-5-3-4-6-15(14)26-18)16(23)10-25-17(24)12-8-7-11(20)9-13(12)19/h3-9H,2,10H2,1H3. The Hall–Kier alpha value is -2.32. The number of esters is 1. The molecule has 26 heavy (non-hydrogen) atoms. The van der Waals surface area contributed by atoms with Crippen LogP contribution in [-0.4, -0.2) is 30.0 Å². The van der Waals surface area contributed by atoms with E-state index in [0.717, 1.165) is 22.3 Å². The van der Waals surface area contributed by atoms with E-state index in [-0.39, 0.29) is 15.9 Å². The zero-order valence-corrected chi connectivity index (χ0v) is 16.1. The predicted octanol–water partition coefficient (Wildman–Crippen LogP) is 4.41. The molecule has 0 spiro atoms. The maximum atomic E-state index is 13.1. The van der Waals surface area contributed by atoms with Gasteiger partial charge in [0.1, 0.15) is 5.82 Å². The summed E-state index contributed by atoms with van der Waals surface area (Å²) in [7, 11) is 0. The monoisotopic (exact) mass is 436 g/mol. The molecule has 0 aliphatic carbocycles. The number of aromatic nitrogens is 1. The van der Waals surface area contributed by atoms with Crippen LogP contribution in [0.5, 0.6) is 0 Å². The molecule has 2 aromatic carbocycles. The van der Waals surface area contributed by atoms with Crippen molar-refractivity contribution in [1.29, 1.82) is 0 Å². The lowest BCUT2D eigenvalue weighted by Crippen LogP contribution is -2.34. The number of benzene rings is 2. The molecule has 0 saturated carbocycles. The van der Waals surface area contributed by atoms with Crippen molar-refractivity contribution in [2.45, 2.75) is 6.92 Å². The summed E-state index contributed by atoms with van der Waals surface area (Å²) in [6, 6.07) is 11.2. The number of rotatable bonds is 5. The maximum absolute atomic E-state index is 13.1. The molecule has 1 heterocycles. The smallest absolute Gasteiger partial charge is 0.339 e. The van der Waals surface area contributed by atoms with Crippen LogP contribution in [-0.2, 0) is 9.53 Å². The van der Waals surface area contributed by atoms with Crippen molar-refractivity contribution in [3.63, 3.8) is 0 Å². The van der Waals surface area contributed by atoms with Gasteiger partial charge in [0.05, 0.1) is 15.8 Å². The minimum Gasteiger partial charge on any atom is -0.452 e. The van der Waals surface area contributed by atoms with E-state index < -0.39 is 18.4 Å². The maximum Gasteiger partial charge on any atom is 0.339 e. The van der Waals surface area contributed by atoms with Gasteiger partial charge in [-0.1, -0.05) is 23.5 Å². The fourth-order valence-electron chi connectivity index (χ4n) is 2.33. The molecular formula is C18H14BrFN2O3S. The van der Waals surface area contributed by atoms with Crippen LogP contribution in [0.1, 0.15) is 17.3 Å². The van der Waals surface area contributed by atoms with E-state index in [9.17, 15) is 14.0 Å². The molecular weight excluding hydrogens is 423 g/mol. The number of anilines is 1. The normalized spacial score (nSPS) is 10.7. The van der Waals surface area contributed by atoms with Crippen LogP contribution >= 0.6 is 27.3 Å². The van der Waals surface area contributed by atoms with Gasteiger partial charge < -0.3 is 4.74 Å². The number of nitrogens with zero attached hydrogens (tertiary/aromatic N) is 2. The molecule has 0 aliphatic rings. The van der Waals surface area contributed by atoms with Crippen LogP contribution in [0.25, 0.3) is 10.2 Å². The van der Waals surface area contributed by atoms with Crippen LogP contribution < -0.4 is 4.90 Å². The van der Waals surface area contributed by atoms with Crippen molar-refractivity contribution < 1.29 is 18.7 Å². The van der Waals surface area contributed by atoms with Gasteiger partial charge in [-0.3, -0.25) is 9.69 Å². The van der Waals surface area contributed by atoms with Crippen molar-refractivity contribution in [1.82, 2.24) is 4.98 Å². The zero-order chi connectivity index (χ0) is 18.7. The molecule has 8 heteroatoms. The highest BCUT2D eigenvalue weighted by molar-refractivity contribution is 9.10. The number of amides is 1. The first kappa shape index (κ1) is 18.5. The summed E-state index contributed by atoms with van der Waals surface area (Å²) in [5.41, 5.74) is 0.966.